The second-order valence-corrected chi connectivity index (χ2v) is 6.55. The molecule has 0 saturated carbocycles. The van der Waals surface area contributed by atoms with Gasteiger partial charge in [-0.3, -0.25) is 9.80 Å². The van der Waals surface area contributed by atoms with Gasteiger partial charge < -0.3 is 4.74 Å². The van der Waals surface area contributed by atoms with E-state index in [0.29, 0.717) is 6.10 Å². The summed E-state index contributed by atoms with van der Waals surface area (Å²) in [5.41, 5.74) is 0. The zero-order valence-electron chi connectivity index (χ0n) is 12.0. The first-order valence-corrected chi connectivity index (χ1v) is 7.85. The lowest BCUT2D eigenvalue weighted by Crippen LogP contribution is -2.61. The van der Waals surface area contributed by atoms with Gasteiger partial charge in [-0.1, -0.05) is 6.42 Å². The van der Waals surface area contributed by atoms with E-state index in [0.717, 1.165) is 24.7 Å². The highest BCUT2D eigenvalue weighted by Gasteiger charge is 2.37. The summed E-state index contributed by atoms with van der Waals surface area (Å²) in [5.74, 6) is 0. The van der Waals surface area contributed by atoms with Gasteiger partial charge in [-0.05, 0) is 46.1 Å². The number of piperazine rings is 1. The van der Waals surface area contributed by atoms with Crippen molar-refractivity contribution in [3.05, 3.63) is 0 Å². The van der Waals surface area contributed by atoms with Crippen LogP contribution in [0.4, 0.5) is 0 Å². The van der Waals surface area contributed by atoms with Gasteiger partial charge in [0, 0.05) is 37.8 Å². The Morgan fingerprint density at radius 3 is 2.72 bits per heavy atom. The third kappa shape index (κ3) is 2.59. The molecule has 3 heteroatoms. The summed E-state index contributed by atoms with van der Waals surface area (Å²) < 4.78 is 5.70. The lowest BCUT2D eigenvalue weighted by atomic mass is 9.93. The Morgan fingerprint density at radius 1 is 1.00 bits per heavy atom. The van der Waals surface area contributed by atoms with Crippen molar-refractivity contribution in [3.63, 3.8) is 0 Å². The minimum atomic E-state index is 0.459. The molecule has 0 aliphatic carbocycles. The fourth-order valence-electron chi connectivity index (χ4n) is 4.16. The zero-order valence-corrected chi connectivity index (χ0v) is 12.0. The first-order valence-electron chi connectivity index (χ1n) is 7.85. The molecule has 3 aliphatic heterocycles. The molecular formula is C15H28N2O. The lowest BCUT2D eigenvalue weighted by molar-refractivity contribution is -0.0616. The van der Waals surface area contributed by atoms with E-state index >= 15 is 0 Å². The molecule has 0 aromatic heterocycles. The molecule has 3 aliphatic rings. The maximum absolute atomic E-state index is 5.70. The molecule has 0 bridgehead atoms. The third-order valence-electron chi connectivity index (χ3n) is 5.16. The molecule has 4 atom stereocenters. The number of piperidine rings is 1. The largest absolute Gasteiger partial charge is 0.378 e. The van der Waals surface area contributed by atoms with Gasteiger partial charge in [-0.15, -0.1) is 0 Å². The summed E-state index contributed by atoms with van der Waals surface area (Å²) in [6.45, 7) is 9.55. The number of ether oxygens (including phenoxy) is 1. The average molecular weight is 252 g/mol. The van der Waals surface area contributed by atoms with Crippen LogP contribution < -0.4 is 0 Å². The molecule has 0 radical (unpaired) electrons. The van der Waals surface area contributed by atoms with Crippen molar-refractivity contribution >= 4 is 0 Å². The SMILES string of the molecule is CC1CC(N2CC3CCCCN3CC2C)CCO1. The molecule has 0 N–H and O–H groups in total. The summed E-state index contributed by atoms with van der Waals surface area (Å²) in [6.07, 6.45) is 7.20. The Hall–Kier alpha value is -0.120. The first-order chi connectivity index (χ1) is 8.74. The lowest BCUT2D eigenvalue weighted by Gasteiger charge is -2.51. The molecule has 0 spiro atoms. The summed E-state index contributed by atoms with van der Waals surface area (Å²) in [4.78, 5) is 5.54. The molecule has 3 saturated heterocycles. The second kappa shape index (κ2) is 5.48. The number of hydrogen-bond acceptors (Lipinski definition) is 3. The van der Waals surface area contributed by atoms with Crippen LogP contribution in [0.3, 0.4) is 0 Å². The van der Waals surface area contributed by atoms with E-state index in [2.05, 4.69) is 23.6 Å². The number of fused-ring (bicyclic) bond motifs is 1. The van der Waals surface area contributed by atoms with E-state index in [9.17, 15) is 0 Å². The van der Waals surface area contributed by atoms with Crippen molar-refractivity contribution in [1.29, 1.82) is 0 Å². The van der Waals surface area contributed by atoms with E-state index in [4.69, 9.17) is 4.74 Å². The maximum atomic E-state index is 5.70. The third-order valence-corrected chi connectivity index (χ3v) is 5.16. The fraction of sp³-hybridized carbons (Fsp3) is 1.00. The van der Waals surface area contributed by atoms with Crippen LogP contribution in [0.15, 0.2) is 0 Å². The molecule has 0 amide bonds. The molecule has 4 unspecified atom stereocenters. The molecule has 3 nitrogen and oxygen atoms in total. The number of nitrogens with zero attached hydrogens (tertiary/aromatic N) is 2. The summed E-state index contributed by atoms with van der Waals surface area (Å²) in [5, 5.41) is 0. The van der Waals surface area contributed by atoms with Gasteiger partial charge in [0.15, 0.2) is 0 Å². The number of rotatable bonds is 1. The van der Waals surface area contributed by atoms with Crippen LogP contribution in [0.2, 0.25) is 0 Å². The summed E-state index contributed by atoms with van der Waals surface area (Å²) in [7, 11) is 0. The van der Waals surface area contributed by atoms with Crippen molar-refractivity contribution in [1.82, 2.24) is 9.80 Å². The maximum Gasteiger partial charge on any atom is 0.0561 e. The highest BCUT2D eigenvalue weighted by atomic mass is 16.5. The van der Waals surface area contributed by atoms with Gasteiger partial charge in [-0.2, -0.15) is 0 Å². The molecule has 3 rings (SSSR count). The Balaban J connectivity index is 1.64. The van der Waals surface area contributed by atoms with Crippen molar-refractivity contribution in [2.45, 2.75) is 70.2 Å². The second-order valence-electron chi connectivity index (χ2n) is 6.55. The van der Waals surface area contributed by atoms with Crippen molar-refractivity contribution in [2.75, 3.05) is 26.2 Å². The van der Waals surface area contributed by atoms with E-state index in [1.54, 1.807) is 0 Å². The number of hydrogen-bond donors (Lipinski definition) is 0. The van der Waals surface area contributed by atoms with Gasteiger partial charge >= 0.3 is 0 Å². The van der Waals surface area contributed by atoms with Crippen LogP contribution in [-0.4, -0.2) is 60.3 Å². The van der Waals surface area contributed by atoms with Crippen molar-refractivity contribution < 1.29 is 4.74 Å². The fourth-order valence-corrected chi connectivity index (χ4v) is 4.16. The Kier molecular flexibility index (Phi) is 3.92. The van der Waals surface area contributed by atoms with Crippen molar-refractivity contribution in [2.24, 2.45) is 0 Å². The van der Waals surface area contributed by atoms with E-state index in [-0.39, 0.29) is 0 Å². The van der Waals surface area contributed by atoms with Gasteiger partial charge in [-0.25, -0.2) is 0 Å². The summed E-state index contributed by atoms with van der Waals surface area (Å²) in [6, 6.07) is 2.34. The minimum absolute atomic E-state index is 0.459. The predicted octanol–water partition coefficient (Wildman–Crippen LogP) is 2.11. The van der Waals surface area contributed by atoms with Crippen LogP contribution in [0.25, 0.3) is 0 Å². The molecule has 0 aromatic carbocycles. The van der Waals surface area contributed by atoms with Crippen molar-refractivity contribution in [3.8, 4) is 0 Å². The molecule has 3 fully saturated rings. The summed E-state index contributed by atoms with van der Waals surface area (Å²) >= 11 is 0. The molecule has 18 heavy (non-hydrogen) atoms. The Labute approximate surface area is 111 Å². The minimum Gasteiger partial charge on any atom is -0.378 e. The zero-order chi connectivity index (χ0) is 12.5. The van der Waals surface area contributed by atoms with Gasteiger partial charge in [0.2, 0.25) is 0 Å². The van der Waals surface area contributed by atoms with Gasteiger partial charge in [0.1, 0.15) is 0 Å². The molecule has 104 valence electrons. The van der Waals surface area contributed by atoms with Crippen LogP contribution in [-0.2, 0) is 4.74 Å². The highest BCUT2D eigenvalue weighted by molar-refractivity contribution is 4.93. The monoisotopic (exact) mass is 252 g/mol. The quantitative estimate of drug-likeness (QED) is 0.711. The Bertz CT molecular complexity index is 284. The standard InChI is InChI=1S/C15H28N2O/c1-12-10-16-7-4-3-5-15(16)11-17(12)14-6-8-18-13(2)9-14/h12-15H,3-11H2,1-2H3. The Morgan fingerprint density at radius 2 is 1.89 bits per heavy atom. The normalized spacial score (nSPS) is 43.7. The van der Waals surface area contributed by atoms with E-state index in [1.165, 1.54) is 51.7 Å². The van der Waals surface area contributed by atoms with Crippen LogP contribution in [0.5, 0.6) is 0 Å². The van der Waals surface area contributed by atoms with Crippen LogP contribution in [0.1, 0.15) is 46.0 Å². The van der Waals surface area contributed by atoms with Crippen LogP contribution >= 0.6 is 0 Å². The first kappa shape index (κ1) is 12.9. The van der Waals surface area contributed by atoms with E-state index in [1.807, 2.05) is 0 Å². The molecule has 0 aromatic rings. The topological polar surface area (TPSA) is 15.7 Å². The predicted molar refractivity (Wildman–Crippen MR) is 73.8 cm³/mol. The highest BCUT2D eigenvalue weighted by Crippen LogP contribution is 2.29. The van der Waals surface area contributed by atoms with Gasteiger partial charge in [0.05, 0.1) is 6.10 Å². The van der Waals surface area contributed by atoms with Gasteiger partial charge in [0.25, 0.3) is 0 Å². The van der Waals surface area contributed by atoms with E-state index < -0.39 is 0 Å². The van der Waals surface area contributed by atoms with Crippen LogP contribution in [0, 0.1) is 0 Å². The molecule has 3 heterocycles. The average Bonchev–Trinajstić information content (AvgIpc) is 2.38. The smallest absolute Gasteiger partial charge is 0.0561 e. The molecular weight excluding hydrogens is 224 g/mol.